The monoisotopic (exact) mass is 560 g/mol. The minimum atomic E-state index is -0.641. The van der Waals surface area contributed by atoms with Crippen LogP contribution in [0.4, 0.5) is 4.39 Å². The van der Waals surface area contributed by atoms with E-state index in [-0.39, 0.29) is 17.7 Å². The van der Waals surface area contributed by atoms with E-state index in [1.807, 2.05) is 51.1 Å². The summed E-state index contributed by atoms with van der Waals surface area (Å²) in [7, 11) is 1.62. The van der Waals surface area contributed by atoms with Crippen LogP contribution >= 0.6 is 15.9 Å². The molecule has 0 amide bonds. The minimum Gasteiger partial charge on any atom is -0.497 e. The Morgan fingerprint density at radius 3 is 2.39 bits per heavy atom. The van der Waals surface area contributed by atoms with E-state index in [2.05, 4.69) is 45.2 Å². The van der Waals surface area contributed by atoms with E-state index in [9.17, 15) is 9.18 Å². The van der Waals surface area contributed by atoms with Gasteiger partial charge in [-0.25, -0.2) is 4.39 Å². The van der Waals surface area contributed by atoms with Gasteiger partial charge in [-0.2, -0.15) is 4.80 Å². The lowest BCUT2D eigenvalue weighted by molar-refractivity contribution is -0.161. The van der Waals surface area contributed by atoms with Gasteiger partial charge in [-0.05, 0) is 86.2 Å². The van der Waals surface area contributed by atoms with Crippen LogP contribution in [0.15, 0.2) is 46.9 Å². The first kappa shape index (κ1) is 27.8. The molecule has 0 aliphatic rings. The van der Waals surface area contributed by atoms with E-state index in [0.29, 0.717) is 29.7 Å². The molecule has 0 radical (unpaired) electrons. The fraction of sp³-hybridized carbons (Fsp3) is 0.481. The van der Waals surface area contributed by atoms with Gasteiger partial charge in [0.05, 0.1) is 19.6 Å². The number of nitrogens with zero attached hydrogens (tertiary/aromatic N) is 4. The van der Waals surface area contributed by atoms with Gasteiger partial charge in [0.15, 0.2) is 5.82 Å². The summed E-state index contributed by atoms with van der Waals surface area (Å²) in [6.07, 6.45) is 0.935. The van der Waals surface area contributed by atoms with Crippen LogP contribution < -0.4 is 4.74 Å². The van der Waals surface area contributed by atoms with Crippen molar-refractivity contribution >= 4 is 21.9 Å². The minimum absolute atomic E-state index is 0.221. The zero-order chi connectivity index (χ0) is 26.5. The van der Waals surface area contributed by atoms with Crippen molar-refractivity contribution in [3.05, 3.63) is 69.7 Å². The average molecular weight is 561 g/mol. The molecule has 1 heterocycles. The summed E-state index contributed by atoms with van der Waals surface area (Å²) in [6.45, 7) is 10.1. The van der Waals surface area contributed by atoms with Crippen LogP contribution in [-0.4, -0.2) is 38.9 Å². The number of aromatic nitrogens is 4. The molecule has 0 aliphatic carbocycles. The highest BCUT2D eigenvalue weighted by molar-refractivity contribution is 9.10. The molecule has 0 aliphatic heterocycles. The van der Waals surface area contributed by atoms with E-state index in [0.717, 1.165) is 16.9 Å². The molecule has 0 N–H and O–H groups in total. The smallest absolute Gasteiger partial charge is 0.310 e. The highest BCUT2D eigenvalue weighted by Crippen LogP contribution is 2.34. The fourth-order valence-electron chi connectivity index (χ4n) is 4.07. The lowest BCUT2D eigenvalue weighted by Crippen LogP contribution is -2.34. The van der Waals surface area contributed by atoms with E-state index < -0.39 is 17.4 Å². The normalized spacial score (nSPS) is 13.5. The van der Waals surface area contributed by atoms with Gasteiger partial charge in [-0.15, -0.1) is 10.2 Å². The zero-order valence-corrected chi connectivity index (χ0v) is 23.3. The van der Waals surface area contributed by atoms with Crippen LogP contribution in [0.3, 0.4) is 0 Å². The molecule has 1 aromatic heterocycles. The number of ether oxygens (including phenoxy) is 2. The van der Waals surface area contributed by atoms with Gasteiger partial charge in [-0.3, -0.25) is 4.79 Å². The van der Waals surface area contributed by atoms with E-state index >= 15 is 0 Å². The second kappa shape index (κ2) is 12.0. The molecule has 2 atom stereocenters. The topological polar surface area (TPSA) is 79.1 Å². The fourth-order valence-corrected chi connectivity index (χ4v) is 4.58. The molecule has 3 rings (SSSR count). The summed E-state index contributed by atoms with van der Waals surface area (Å²) < 4.78 is 25.8. The van der Waals surface area contributed by atoms with Crippen molar-refractivity contribution in [2.24, 2.45) is 11.8 Å². The van der Waals surface area contributed by atoms with Crippen LogP contribution in [0.2, 0.25) is 0 Å². The Kier molecular flexibility index (Phi) is 9.22. The van der Waals surface area contributed by atoms with Gasteiger partial charge in [0.1, 0.15) is 17.2 Å². The second-order valence-corrected chi connectivity index (χ2v) is 11.3. The molecule has 0 saturated carbocycles. The van der Waals surface area contributed by atoms with Crippen molar-refractivity contribution in [2.75, 3.05) is 7.11 Å². The molecule has 0 spiro atoms. The number of hydrogen-bond donors (Lipinski definition) is 0. The molecule has 9 heteroatoms. The molecule has 7 nitrogen and oxygen atoms in total. The SMILES string of the molecule is COc1ccc(Cn2nnc([C@@H](Cc3cc(F)cc(Br)c3)C(CC(C)C)C(=O)OC(C)(C)C)n2)cc1. The zero-order valence-electron chi connectivity index (χ0n) is 21.7. The maximum atomic E-state index is 14.2. The maximum Gasteiger partial charge on any atom is 0.310 e. The Balaban J connectivity index is 1.97. The molecular weight excluding hydrogens is 527 g/mol. The third-order valence-corrected chi connectivity index (χ3v) is 6.04. The van der Waals surface area contributed by atoms with Crippen LogP contribution in [-0.2, 0) is 22.5 Å². The number of carbonyl (C=O) groups excluding carboxylic acids is 1. The molecule has 194 valence electrons. The molecule has 2 aromatic carbocycles. The standard InChI is InChI=1S/C27H34BrFN4O3/c1-17(2)11-24(26(34)36-27(3,4)5)23(14-19-12-20(28)15-21(29)13-19)25-30-32-33(31-25)16-18-7-9-22(35-6)10-8-18/h7-10,12-13,15,17,23-24H,11,14,16H2,1-6H3/t23-,24?/m0/s1. The number of benzene rings is 2. The number of halogens is 2. The lowest BCUT2D eigenvalue weighted by atomic mass is 9.81. The van der Waals surface area contributed by atoms with Crippen LogP contribution in [0.1, 0.15) is 63.9 Å². The first-order valence-electron chi connectivity index (χ1n) is 12.0. The first-order valence-corrected chi connectivity index (χ1v) is 12.8. The Labute approximate surface area is 220 Å². The van der Waals surface area contributed by atoms with Gasteiger partial charge >= 0.3 is 5.97 Å². The Hall–Kier alpha value is -2.81. The summed E-state index contributed by atoms with van der Waals surface area (Å²) in [5.74, 6) is -0.222. The third-order valence-electron chi connectivity index (χ3n) is 5.58. The van der Waals surface area contributed by atoms with Crippen molar-refractivity contribution in [1.82, 2.24) is 20.2 Å². The first-order chi connectivity index (χ1) is 16.9. The second-order valence-electron chi connectivity index (χ2n) is 10.4. The number of hydrogen-bond acceptors (Lipinski definition) is 6. The van der Waals surface area contributed by atoms with Crippen molar-refractivity contribution in [3.63, 3.8) is 0 Å². The summed E-state index contributed by atoms with van der Waals surface area (Å²) in [6, 6.07) is 12.3. The van der Waals surface area contributed by atoms with E-state index in [4.69, 9.17) is 9.47 Å². The van der Waals surface area contributed by atoms with Crippen molar-refractivity contribution < 1.29 is 18.7 Å². The number of methoxy groups -OCH3 is 1. The lowest BCUT2D eigenvalue weighted by Gasteiger charge is -2.29. The third kappa shape index (κ3) is 8.11. The molecule has 0 bridgehead atoms. The number of tetrazole rings is 1. The maximum absolute atomic E-state index is 14.2. The Morgan fingerprint density at radius 2 is 1.81 bits per heavy atom. The summed E-state index contributed by atoms with van der Waals surface area (Å²) in [5, 5.41) is 13.2. The molecule has 1 unspecified atom stereocenters. The van der Waals surface area contributed by atoms with Crippen molar-refractivity contribution in [3.8, 4) is 5.75 Å². The summed E-state index contributed by atoms with van der Waals surface area (Å²) in [4.78, 5) is 14.9. The van der Waals surface area contributed by atoms with Crippen LogP contribution in [0.5, 0.6) is 5.75 Å². The predicted octanol–water partition coefficient (Wildman–Crippen LogP) is 5.96. The molecule has 3 aromatic rings. The van der Waals surface area contributed by atoms with Gasteiger partial charge < -0.3 is 9.47 Å². The summed E-state index contributed by atoms with van der Waals surface area (Å²) in [5.41, 5.74) is 1.07. The Morgan fingerprint density at radius 1 is 1.11 bits per heavy atom. The molecular formula is C27H34BrFN4O3. The van der Waals surface area contributed by atoms with Crippen molar-refractivity contribution in [1.29, 1.82) is 0 Å². The van der Waals surface area contributed by atoms with Gasteiger partial charge in [0.2, 0.25) is 0 Å². The van der Waals surface area contributed by atoms with Crippen LogP contribution in [0.25, 0.3) is 0 Å². The molecule has 36 heavy (non-hydrogen) atoms. The summed E-state index contributed by atoms with van der Waals surface area (Å²) >= 11 is 3.37. The quantitative estimate of drug-likeness (QED) is 0.284. The highest BCUT2D eigenvalue weighted by Gasteiger charge is 2.36. The molecule has 0 fully saturated rings. The average Bonchev–Trinajstić information content (AvgIpc) is 3.23. The predicted molar refractivity (Wildman–Crippen MR) is 139 cm³/mol. The Bertz CT molecular complexity index is 1140. The van der Waals surface area contributed by atoms with Crippen LogP contribution in [0, 0.1) is 17.7 Å². The number of rotatable bonds is 10. The van der Waals surface area contributed by atoms with Gasteiger partial charge in [0.25, 0.3) is 0 Å². The number of esters is 1. The van der Waals surface area contributed by atoms with E-state index in [1.54, 1.807) is 7.11 Å². The highest BCUT2D eigenvalue weighted by atomic mass is 79.9. The largest absolute Gasteiger partial charge is 0.497 e. The van der Waals surface area contributed by atoms with Gasteiger partial charge in [-0.1, -0.05) is 41.9 Å². The van der Waals surface area contributed by atoms with Crippen molar-refractivity contribution in [2.45, 2.75) is 65.5 Å². The number of carbonyl (C=O) groups is 1. The molecule has 0 saturated heterocycles. The van der Waals surface area contributed by atoms with Gasteiger partial charge in [0, 0.05) is 10.4 Å². The van der Waals surface area contributed by atoms with E-state index in [1.165, 1.54) is 16.9 Å².